The van der Waals surface area contributed by atoms with E-state index in [9.17, 15) is 18.0 Å². The number of carbonyl (C=O) groups is 1. The molecule has 0 spiro atoms. The van der Waals surface area contributed by atoms with Gasteiger partial charge in [-0.2, -0.15) is 13.2 Å². The molecular formula is C15H19BrF3N3O. The summed E-state index contributed by atoms with van der Waals surface area (Å²) in [7, 11) is 0. The summed E-state index contributed by atoms with van der Waals surface area (Å²) >= 11 is 3.03. The van der Waals surface area contributed by atoms with Crippen LogP contribution in [0.15, 0.2) is 16.7 Å². The average molecular weight is 394 g/mol. The third-order valence-corrected chi connectivity index (χ3v) is 4.17. The number of nitrogens with one attached hydrogen (secondary N) is 1. The van der Waals surface area contributed by atoms with E-state index in [4.69, 9.17) is 0 Å². The molecule has 23 heavy (non-hydrogen) atoms. The normalized spacial score (nSPS) is 16.7. The van der Waals surface area contributed by atoms with Crippen LogP contribution in [0.4, 0.5) is 19.0 Å². The van der Waals surface area contributed by atoms with Gasteiger partial charge in [0.05, 0.1) is 5.56 Å². The number of anilines is 1. The first-order valence-electron chi connectivity index (χ1n) is 7.46. The smallest absolute Gasteiger partial charge is 0.356 e. The number of hydrogen-bond acceptors (Lipinski definition) is 3. The minimum atomic E-state index is -4.46. The van der Waals surface area contributed by atoms with Crippen LogP contribution in [-0.4, -0.2) is 30.0 Å². The highest BCUT2D eigenvalue weighted by atomic mass is 79.9. The van der Waals surface area contributed by atoms with Crippen molar-refractivity contribution in [3.8, 4) is 0 Å². The number of carbonyl (C=O) groups excluding carboxylic acids is 1. The van der Waals surface area contributed by atoms with Crippen molar-refractivity contribution in [1.82, 2.24) is 10.3 Å². The molecular weight excluding hydrogens is 375 g/mol. The molecule has 1 aromatic heterocycles. The van der Waals surface area contributed by atoms with Gasteiger partial charge in [-0.25, -0.2) is 4.98 Å². The largest absolute Gasteiger partial charge is 0.419 e. The number of halogens is 4. The van der Waals surface area contributed by atoms with Crippen LogP contribution in [0.25, 0.3) is 0 Å². The standard InChI is InChI=1S/C15H19BrF3N3O/c1-9(2)21-14(23)10-3-5-22(6-4-10)13-12(15(17,18)19)7-11(16)8-20-13/h7-10H,3-6H2,1-2H3,(H,21,23). The summed E-state index contributed by atoms with van der Waals surface area (Å²) < 4.78 is 39.8. The molecule has 0 bridgehead atoms. The van der Waals surface area contributed by atoms with Crippen molar-refractivity contribution >= 4 is 27.7 Å². The summed E-state index contributed by atoms with van der Waals surface area (Å²) in [5.41, 5.74) is -0.753. The molecule has 1 aromatic rings. The molecule has 1 fully saturated rings. The third kappa shape index (κ3) is 4.59. The van der Waals surface area contributed by atoms with Gasteiger partial charge >= 0.3 is 6.18 Å². The van der Waals surface area contributed by atoms with Gasteiger partial charge in [-0.1, -0.05) is 0 Å². The Bertz CT molecular complexity index is 570. The minimum Gasteiger partial charge on any atom is -0.356 e. The molecule has 1 N–H and O–H groups in total. The molecule has 128 valence electrons. The summed E-state index contributed by atoms with van der Waals surface area (Å²) in [6.07, 6.45) is -2.05. The maximum Gasteiger partial charge on any atom is 0.419 e. The van der Waals surface area contributed by atoms with Crippen LogP contribution >= 0.6 is 15.9 Å². The first-order valence-corrected chi connectivity index (χ1v) is 8.26. The Hall–Kier alpha value is -1.31. The maximum atomic E-state index is 13.2. The predicted octanol–water partition coefficient (Wildman–Crippen LogP) is 3.60. The molecule has 0 unspecified atom stereocenters. The molecule has 1 aliphatic rings. The molecule has 1 aliphatic heterocycles. The molecule has 2 heterocycles. The Morgan fingerprint density at radius 1 is 1.39 bits per heavy atom. The molecule has 0 aromatic carbocycles. The van der Waals surface area contributed by atoms with Gasteiger partial charge in [0.25, 0.3) is 0 Å². The lowest BCUT2D eigenvalue weighted by Gasteiger charge is -2.33. The van der Waals surface area contributed by atoms with Gasteiger partial charge in [0, 0.05) is 35.7 Å². The second-order valence-electron chi connectivity index (χ2n) is 5.95. The zero-order valence-corrected chi connectivity index (χ0v) is 14.5. The van der Waals surface area contributed by atoms with Crippen LogP contribution in [0.2, 0.25) is 0 Å². The van der Waals surface area contributed by atoms with Crippen LogP contribution in [0.5, 0.6) is 0 Å². The molecule has 0 saturated carbocycles. The number of rotatable bonds is 3. The quantitative estimate of drug-likeness (QED) is 0.852. The van der Waals surface area contributed by atoms with Gasteiger partial charge in [-0.3, -0.25) is 4.79 Å². The zero-order chi connectivity index (χ0) is 17.2. The van der Waals surface area contributed by atoms with Gasteiger partial charge in [0.1, 0.15) is 5.82 Å². The van der Waals surface area contributed by atoms with E-state index in [-0.39, 0.29) is 23.7 Å². The Labute approximate surface area is 141 Å². The van der Waals surface area contributed by atoms with E-state index < -0.39 is 11.7 Å². The van der Waals surface area contributed by atoms with E-state index in [0.717, 1.165) is 6.07 Å². The Morgan fingerprint density at radius 3 is 2.52 bits per heavy atom. The molecule has 1 saturated heterocycles. The topological polar surface area (TPSA) is 45.2 Å². The lowest BCUT2D eigenvalue weighted by Crippen LogP contribution is -2.43. The van der Waals surface area contributed by atoms with E-state index in [1.165, 1.54) is 6.20 Å². The maximum absolute atomic E-state index is 13.2. The van der Waals surface area contributed by atoms with E-state index >= 15 is 0 Å². The number of amides is 1. The molecule has 2 rings (SSSR count). The van der Waals surface area contributed by atoms with Crippen molar-refractivity contribution in [2.45, 2.75) is 38.9 Å². The molecule has 0 radical (unpaired) electrons. The van der Waals surface area contributed by atoms with Crippen LogP contribution in [0, 0.1) is 5.92 Å². The molecule has 4 nitrogen and oxygen atoms in total. The first-order chi connectivity index (χ1) is 10.7. The number of alkyl halides is 3. The SMILES string of the molecule is CC(C)NC(=O)C1CCN(c2ncc(Br)cc2C(F)(F)F)CC1. The lowest BCUT2D eigenvalue weighted by atomic mass is 9.95. The third-order valence-electron chi connectivity index (χ3n) is 3.73. The van der Waals surface area contributed by atoms with Crippen LogP contribution in [0.1, 0.15) is 32.3 Å². The number of hydrogen-bond donors (Lipinski definition) is 1. The van der Waals surface area contributed by atoms with Crippen LogP contribution in [0.3, 0.4) is 0 Å². The second kappa shape index (κ2) is 7.07. The second-order valence-corrected chi connectivity index (χ2v) is 6.86. The highest BCUT2D eigenvalue weighted by Crippen LogP contribution is 2.38. The monoisotopic (exact) mass is 393 g/mol. The number of aromatic nitrogens is 1. The van der Waals surface area contributed by atoms with E-state index in [0.29, 0.717) is 30.4 Å². The number of piperidine rings is 1. The highest BCUT2D eigenvalue weighted by Gasteiger charge is 2.37. The summed E-state index contributed by atoms with van der Waals surface area (Å²) in [6, 6.07) is 1.10. The lowest BCUT2D eigenvalue weighted by molar-refractivity contribution is -0.137. The van der Waals surface area contributed by atoms with Crippen molar-refractivity contribution in [2.24, 2.45) is 5.92 Å². The van der Waals surface area contributed by atoms with Gasteiger partial charge < -0.3 is 10.2 Å². The minimum absolute atomic E-state index is 0.0283. The van der Waals surface area contributed by atoms with Crippen molar-refractivity contribution in [3.63, 3.8) is 0 Å². The summed E-state index contributed by atoms with van der Waals surface area (Å²) in [6.45, 7) is 4.53. The van der Waals surface area contributed by atoms with Crippen molar-refractivity contribution in [1.29, 1.82) is 0 Å². The fourth-order valence-electron chi connectivity index (χ4n) is 2.65. The highest BCUT2D eigenvalue weighted by molar-refractivity contribution is 9.10. The van der Waals surface area contributed by atoms with Crippen molar-refractivity contribution in [2.75, 3.05) is 18.0 Å². The molecule has 0 aliphatic carbocycles. The van der Waals surface area contributed by atoms with Crippen LogP contribution < -0.4 is 10.2 Å². The van der Waals surface area contributed by atoms with Gasteiger partial charge in [0.2, 0.25) is 5.91 Å². The van der Waals surface area contributed by atoms with Crippen molar-refractivity contribution in [3.05, 3.63) is 22.3 Å². The van der Waals surface area contributed by atoms with Gasteiger partial charge in [-0.05, 0) is 48.7 Å². The summed E-state index contributed by atoms with van der Waals surface area (Å²) in [5.74, 6) is -0.249. The average Bonchev–Trinajstić information content (AvgIpc) is 2.46. The fraction of sp³-hybridized carbons (Fsp3) is 0.600. The van der Waals surface area contributed by atoms with Gasteiger partial charge in [0.15, 0.2) is 0 Å². The predicted molar refractivity (Wildman–Crippen MR) is 85.2 cm³/mol. The fourth-order valence-corrected chi connectivity index (χ4v) is 2.98. The Morgan fingerprint density at radius 2 is 2.00 bits per heavy atom. The van der Waals surface area contributed by atoms with Gasteiger partial charge in [-0.15, -0.1) is 0 Å². The molecule has 8 heteroatoms. The van der Waals surface area contributed by atoms with Crippen molar-refractivity contribution < 1.29 is 18.0 Å². The Balaban J connectivity index is 2.10. The molecule has 1 amide bonds. The summed E-state index contributed by atoms with van der Waals surface area (Å²) in [5, 5.41) is 2.85. The number of nitrogens with zero attached hydrogens (tertiary/aromatic N) is 2. The molecule has 0 atom stereocenters. The van der Waals surface area contributed by atoms with Crippen LogP contribution in [-0.2, 0) is 11.0 Å². The Kier molecular flexibility index (Phi) is 5.54. The summed E-state index contributed by atoms with van der Waals surface area (Å²) in [4.78, 5) is 17.5. The van der Waals surface area contributed by atoms with E-state index in [2.05, 4.69) is 26.2 Å². The van der Waals surface area contributed by atoms with E-state index in [1.54, 1.807) is 4.90 Å². The first kappa shape index (κ1) is 18.0. The zero-order valence-electron chi connectivity index (χ0n) is 13.0. The van der Waals surface area contributed by atoms with E-state index in [1.807, 2.05) is 13.8 Å². The number of pyridine rings is 1.